The minimum Gasteiger partial charge on any atom is -0.356 e. The van der Waals surface area contributed by atoms with E-state index < -0.39 is 0 Å². The van der Waals surface area contributed by atoms with Gasteiger partial charge in [0, 0.05) is 37.1 Å². The van der Waals surface area contributed by atoms with Gasteiger partial charge < -0.3 is 15.5 Å². The molecule has 1 aliphatic rings. The molecule has 122 valence electrons. The van der Waals surface area contributed by atoms with Gasteiger partial charge in [-0.05, 0) is 37.1 Å². The van der Waals surface area contributed by atoms with E-state index >= 15 is 0 Å². The zero-order valence-corrected chi connectivity index (χ0v) is 13.3. The standard InChI is InChI=1S/C18H19N5O/c1-2-14-5-9-20-17(12-14)23-10-6-15(7-11-23)21-18(24)22-16-4-3-8-19-13-16/h1,3-5,8-9,12-13,15H,6-7,10-11H2,(H2,21,22,24). The second-order valence-corrected chi connectivity index (χ2v) is 5.65. The highest BCUT2D eigenvalue weighted by Gasteiger charge is 2.21. The third-order valence-corrected chi connectivity index (χ3v) is 3.99. The first-order chi connectivity index (χ1) is 11.7. The van der Waals surface area contributed by atoms with Crippen molar-refractivity contribution < 1.29 is 4.79 Å². The van der Waals surface area contributed by atoms with E-state index in [-0.39, 0.29) is 12.1 Å². The van der Waals surface area contributed by atoms with Crippen molar-refractivity contribution in [3.63, 3.8) is 0 Å². The number of rotatable bonds is 3. The molecule has 0 saturated carbocycles. The molecule has 0 unspecified atom stereocenters. The van der Waals surface area contributed by atoms with Crippen LogP contribution >= 0.6 is 0 Å². The fourth-order valence-electron chi connectivity index (χ4n) is 2.72. The summed E-state index contributed by atoms with van der Waals surface area (Å²) in [6, 6.07) is 7.27. The Morgan fingerprint density at radius 1 is 1.29 bits per heavy atom. The number of terminal acetylenes is 1. The van der Waals surface area contributed by atoms with Gasteiger partial charge in [0.25, 0.3) is 0 Å². The summed E-state index contributed by atoms with van der Waals surface area (Å²) >= 11 is 0. The smallest absolute Gasteiger partial charge is 0.319 e. The number of carbonyl (C=O) groups is 1. The van der Waals surface area contributed by atoms with Crippen LogP contribution in [0.4, 0.5) is 16.3 Å². The number of nitrogens with one attached hydrogen (secondary N) is 2. The molecule has 2 N–H and O–H groups in total. The Balaban J connectivity index is 1.50. The van der Waals surface area contributed by atoms with Gasteiger partial charge in [-0.2, -0.15) is 0 Å². The van der Waals surface area contributed by atoms with Gasteiger partial charge in [-0.25, -0.2) is 9.78 Å². The van der Waals surface area contributed by atoms with Crippen molar-refractivity contribution in [1.82, 2.24) is 15.3 Å². The van der Waals surface area contributed by atoms with Crippen molar-refractivity contribution in [1.29, 1.82) is 0 Å². The summed E-state index contributed by atoms with van der Waals surface area (Å²) in [5.41, 5.74) is 1.51. The lowest BCUT2D eigenvalue weighted by Gasteiger charge is -2.33. The van der Waals surface area contributed by atoms with E-state index in [1.807, 2.05) is 12.1 Å². The number of anilines is 2. The molecular weight excluding hydrogens is 302 g/mol. The topological polar surface area (TPSA) is 70.2 Å². The number of piperidine rings is 1. The van der Waals surface area contributed by atoms with Crippen molar-refractivity contribution in [2.75, 3.05) is 23.3 Å². The first-order valence-corrected chi connectivity index (χ1v) is 7.90. The Labute approximate surface area is 141 Å². The number of amides is 2. The summed E-state index contributed by atoms with van der Waals surface area (Å²) in [5.74, 6) is 3.52. The third-order valence-electron chi connectivity index (χ3n) is 3.99. The van der Waals surface area contributed by atoms with Crippen LogP contribution in [0.25, 0.3) is 0 Å². The van der Waals surface area contributed by atoms with Gasteiger partial charge in [-0.3, -0.25) is 4.98 Å². The molecule has 1 aliphatic heterocycles. The lowest BCUT2D eigenvalue weighted by atomic mass is 10.1. The van der Waals surface area contributed by atoms with E-state index in [1.54, 1.807) is 30.7 Å². The van der Waals surface area contributed by atoms with Crippen molar-refractivity contribution in [3.05, 3.63) is 48.4 Å². The Morgan fingerprint density at radius 3 is 2.83 bits per heavy atom. The molecule has 3 heterocycles. The quantitative estimate of drug-likeness (QED) is 0.851. The number of pyridine rings is 2. The van der Waals surface area contributed by atoms with Gasteiger partial charge in [0.15, 0.2) is 0 Å². The number of nitrogens with zero attached hydrogens (tertiary/aromatic N) is 3. The largest absolute Gasteiger partial charge is 0.356 e. The maximum absolute atomic E-state index is 12.0. The van der Waals surface area contributed by atoms with Gasteiger partial charge >= 0.3 is 6.03 Å². The van der Waals surface area contributed by atoms with Crippen LogP contribution in [0, 0.1) is 12.3 Å². The van der Waals surface area contributed by atoms with Gasteiger partial charge in [0.2, 0.25) is 0 Å². The third kappa shape index (κ3) is 4.02. The van der Waals surface area contributed by atoms with Crippen molar-refractivity contribution >= 4 is 17.5 Å². The number of urea groups is 1. The molecular formula is C18H19N5O. The predicted octanol–water partition coefficient (Wildman–Crippen LogP) is 2.25. The second kappa shape index (κ2) is 7.47. The summed E-state index contributed by atoms with van der Waals surface area (Å²) in [4.78, 5) is 22.6. The summed E-state index contributed by atoms with van der Waals surface area (Å²) in [6.45, 7) is 1.66. The van der Waals surface area contributed by atoms with Crippen molar-refractivity contribution in [3.8, 4) is 12.3 Å². The van der Waals surface area contributed by atoms with Crippen molar-refractivity contribution in [2.45, 2.75) is 18.9 Å². The van der Waals surface area contributed by atoms with Crippen molar-refractivity contribution in [2.24, 2.45) is 0 Å². The normalized spacial score (nSPS) is 14.7. The summed E-state index contributed by atoms with van der Waals surface area (Å²) in [6.07, 6.45) is 12.2. The average Bonchev–Trinajstić information content (AvgIpc) is 2.63. The van der Waals surface area contributed by atoms with E-state index in [9.17, 15) is 4.79 Å². The molecule has 0 atom stereocenters. The molecule has 1 fully saturated rings. The maximum atomic E-state index is 12.0. The number of carbonyl (C=O) groups excluding carboxylic acids is 1. The van der Waals surface area contributed by atoms with Crippen LogP contribution in [-0.4, -0.2) is 35.1 Å². The molecule has 0 aliphatic carbocycles. The molecule has 24 heavy (non-hydrogen) atoms. The Kier molecular flexibility index (Phi) is 4.92. The van der Waals surface area contributed by atoms with Gasteiger partial charge in [0.1, 0.15) is 5.82 Å². The van der Waals surface area contributed by atoms with Crippen LogP contribution in [-0.2, 0) is 0 Å². The molecule has 2 aromatic heterocycles. The fourth-order valence-corrected chi connectivity index (χ4v) is 2.72. The molecule has 0 radical (unpaired) electrons. The molecule has 0 aromatic carbocycles. The molecule has 2 amide bonds. The van der Waals surface area contributed by atoms with Crippen LogP contribution < -0.4 is 15.5 Å². The summed E-state index contributed by atoms with van der Waals surface area (Å²) in [7, 11) is 0. The van der Waals surface area contributed by atoms with E-state index in [2.05, 4.69) is 31.4 Å². The number of aromatic nitrogens is 2. The molecule has 2 aromatic rings. The first-order valence-electron chi connectivity index (χ1n) is 7.90. The predicted molar refractivity (Wildman–Crippen MR) is 93.8 cm³/mol. The Bertz CT molecular complexity index is 733. The molecule has 6 nitrogen and oxygen atoms in total. The number of hydrogen-bond donors (Lipinski definition) is 2. The first kappa shape index (κ1) is 15.8. The van der Waals surface area contributed by atoms with Crippen LogP contribution in [0.15, 0.2) is 42.9 Å². The Morgan fingerprint density at radius 2 is 2.12 bits per heavy atom. The van der Waals surface area contributed by atoms with Gasteiger partial charge in [-0.15, -0.1) is 6.42 Å². The monoisotopic (exact) mass is 321 g/mol. The van der Waals surface area contributed by atoms with E-state index in [4.69, 9.17) is 6.42 Å². The van der Waals surface area contributed by atoms with Crippen LogP contribution in [0.3, 0.4) is 0 Å². The van der Waals surface area contributed by atoms with Gasteiger partial charge in [0.05, 0.1) is 11.9 Å². The van der Waals surface area contributed by atoms with Crippen LogP contribution in [0.5, 0.6) is 0 Å². The summed E-state index contributed by atoms with van der Waals surface area (Å²) < 4.78 is 0. The zero-order chi connectivity index (χ0) is 16.8. The highest BCUT2D eigenvalue weighted by atomic mass is 16.2. The minimum atomic E-state index is -0.200. The van der Waals surface area contributed by atoms with Gasteiger partial charge in [-0.1, -0.05) is 5.92 Å². The summed E-state index contributed by atoms with van der Waals surface area (Å²) in [5, 5.41) is 5.79. The Hall–Kier alpha value is -3.07. The number of hydrogen-bond acceptors (Lipinski definition) is 4. The lowest BCUT2D eigenvalue weighted by Crippen LogP contribution is -2.46. The second-order valence-electron chi connectivity index (χ2n) is 5.65. The fraction of sp³-hybridized carbons (Fsp3) is 0.278. The average molecular weight is 321 g/mol. The van der Waals surface area contributed by atoms with Crippen LogP contribution in [0.1, 0.15) is 18.4 Å². The minimum absolute atomic E-state index is 0.147. The van der Waals surface area contributed by atoms with E-state index in [0.717, 1.165) is 37.3 Å². The molecule has 0 spiro atoms. The SMILES string of the molecule is C#Cc1ccnc(N2CCC(NC(=O)Nc3cccnc3)CC2)c1. The molecule has 1 saturated heterocycles. The molecule has 0 bridgehead atoms. The maximum Gasteiger partial charge on any atom is 0.319 e. The highest BCUT2D eigenvalue weighted by molar-refractivity contribution is 5.89. The van der Waals surface area contributed by atoms with E-state index in [1.165, 1.54) is 0 Å². The van der Waals surface area contributed by atoms with Crippen LogP contribution in [0.2, 0.25) is 0 Å². The lowest BCUT2D eigenvalue weighted by molar-refractivity contribution is 0.246. The molecule has 3 rings (SSSR count). The molecule has 6 heteroatoms. The zero-order valence-electron chi connectivity index (χ0n) is 13.3. The van der Waals surface area contributed by atoms with E-state index in [0.29, 0.717) is 5.69 Å². The highest BCUT2D eigenvalue weighted by Crippen LogP contribution is 2.18.